The number of hydrogen-bond donors (Lipinski definition) is 4. The SMILES string of the molecule is Nc1ncnc2c1ncn2[C@]1([Na])O[C@H](CO)[C@@H](O)[C@H]1O. The molecule has 2 aromatic heterocycles. The van der Waals surface area contributed by atoms with E-state index in [1.54, 1.807) is 0 Å². The van der Waals surface area contributed by atoms with E-state index in [1.165, 1.54) is 17.2 Å². The quantitative estimate of drug-likeness (QED) is 0.438. The number of anilines is 1. The van der Waals surface area contributed by atoms with E-state index in [1.807, 2.05) is 0 Å². The van der Waals surface area contributed by atoms with Crippen LogP contribution in [0, 0.1) is 0 Å². The molecule has 0 spiro atoms. The van der Waals surface area contributed by atoms with Gasteiger partial charge in [0.25, 0.3) is 0 Å². The second-order valence-corrected chi connectivity index (χ2v) is 6.31. The van der Waals surface area contributed by atoms with Crippen molar-refractivity contribution in [1.82, 2.24) is 19.5 Å². The van der Waals surface area contributed by atoms with Crippen LogP contribution < -0.4 is 5.73 Å². The third kappa shape index (κ3) is 1.86. The van der Waals surface area contributed by atoms with Crippen LogP contribution in [-0.2, 0) is 7.71 Å². The molecule has 102 valence electrons. The van der Waals surface area contributed by atoms with Gasteiger partial charge in [0.05, 0.1) is 0 Å². The minimum atomic E-state index is -1.18. The van der Waals surface area contributed by atoms with E-state index in [4.69, 9.17) is 10.5 Å². The number of aliphatic hydroxyl groups is 3. The normalized spacial score (nSPS) is 34.0. The van der Waals surface area contributed by atoms with Crippen LogP contribution in [0.1, 0.15) is 0 Å². The van der Waals surface area contributed by atoms with Gasteiger partial charge in [-0.1, -0.05) is 0 Å². The van der Waals surface area contributed by atoms with Crippen molar-refractivity contribution in [1.29, 1.82) is 0 Å². The first-order valence-corrected chi connectivity index (χ1v) is 7.08. The van der Waals surface area contributed by atoms with Crippen LogP contribution in [0.5, 0.6) is 0 Å². The third-order valence-corrected chi connectivity index (χ3v) is 4.97. The van der Waals surface area contributed by atoms with E-state index in [-0.39, 0.29) is 12.4 Å². The Hall–Kier alpha value is -0.810. The van der Waals surface area contributed by atoms with Crippen molar-refractivity contribution >= 4 is 44.9 Å². The second kappa shape index (κ2) is 4.88. The van der Waals surface area contributed by atoms with E-state index in [9.17, 15) is 15.3 Å². The van der Waals surface area contributed by atoms with Gasteiger partial charge >= 0.3 is 131 Å². The molecule has 2 aromatic rings. The summed E-state index contributed by atoms with van der Waals surface area (Å²) >= 11 is 0.346. The Labute approximate surface area is 130 Å². The number of fused-ring (bicyclic) bond motifs is 1. The Morgan fingerprint density at radius 2 is 2.15 bits per heavy atom. The van der Waals surface area contributed by atoms with Gasteiger partial charge in [0.2, 0.25) is 0 Å². The summed E-state index contributed by atoms with van der Waals surface area (Å²) in [6.07, 6.45) is -0.464. The molecule has 0 saturated carbocycles. The number of ether oxygens (including phenoxy) is 1. The van der Waals surface area contributed by atoms with Gasteiger partial charge in [-0.2, -0.15) is 0 Å². The Morgan fingerprint density at radius 1 is 1.40 bits per heavy atom. The summed E-state index contributed by atoms with van der Waals surface area (Å²) in [4.78, 5) is 12.1. The zero-order valence-corrected chi connectivity index (χ0v) is 12.7. The van der Waals surface area contributed by atoms with Gasteiger partial charge in [-0.3, -0.25) is 0 Å². The monoisotopic (exact) mass is 289 g/mol. The number of hydrogen-bond acceptors (Lipinski definition) is 8. The second-order valence-electron chi connectivity index (χ2n) is 4.87. The number of aliphatic hydroxyl groups excluding tert-OH is 3. The summed E-state index contributed by atoms with van der Waals surface area (Å²) in [5.41, 5.74) is 6.54. The topological polar surface area (TPSA) is 140 Å². The maximum atomic E-state index is 10.2. The summed E-state index contributed by atoms with van der Waals surface area (Å²) < 4.78 is 6.02. The first kappa shape index (κ1) is 14.1. The predicted octanol–water partition coefficient (Wildman–Crippen LogP) is -2.70. The van der Waals surface area contributed by atoms with E-state index >= 15 is 0 Å². The van der Waals surface area contributed by atoms with E-state index in [0.29, 0.717) is 39.1 Å². The molecule has 3 rings (SSSR count). The molecule has 1 saturated heterocycles. The number of nitrogen functional groups attached to an aromatic ring is 1. The fraction of sp³-hybridized carbons (Fsp3) is 0.500. The van der Waals surface area contributed by atoms with Crippen molar-refractivity contribution in [2.45, 2.75) is 21.3 Å². The van der Waals surface area contributed by atoms with Gasteiger partial charge in [-0.05, 0) is 0 Å². The summed E-state index contributed by atoms with van der Waals surface area (Å²) in [6.45, 7) is -0.383. The molecule has 1 aliphatic heterocycles. The third-order valence-electron chi connectivity index (χ3n) is 3.66. The van der Waals surface area contributed by atoms with Crippen LogP contribution in [0.25, 0.3) is 11.2 Å². The molecule has 3 heterocycles. The summed E-state index contributed by atoms with van der Waals surface area (Å²) in [5.74, 6) is 0.228. The molecular weight excluding hydrogens is 277 g/mol. The van der Waals surface area contributed by atoms with Crippen LogP contribution in [0.2, 0.25) is 0 Å². The molecule has 9 nitrogen and oxygen atoms in total. The Bertz CT molecular complexity index is 652. The van der Waals surface area contributed by atoms with Crippen LogP contribution >= 0.6 is 0 Å². The number of rotatable bonds is 2. The standard InChI is InChI=1S/C10H12N5O4.Na/c11-8-5-9(13-2-12-8)15(3-14-5)10-7(18)6(17)4(1-16)19-10;/h2-4,6-7,16-18H,1H2,(H2,11,12,13);/t4-,6-,7-;/m1./s1. The molecular formula is C10H12N5NaO4. The van der Waals surface area contributed by atoms with Gasteiger partial charge in [0.15, 0.2) is 0 Å². The number of nitrogens with two attached hydrogens (primary N) is 1. The molecule has 0 aliphatic carbocycles. The van der Waals surface area contributed by atoms with Gasteiger partial charge in [-0.15, -0.1) is 0 Å². The molecule has 10 heteroatoms. The zero-order chi connectivity index (χ0) is 14.5. The van der Waals surface area contributed by atoms with Crippen molar-refractivity contribution in [3.05, 3.63) is 12.7 Å². The van der Waals surface area contributed by atoms with Gasteiger partial charge in [0.1, 0.15) is 0 Å². The average Bonchev–Trinajstić information content (AvgIpc) is 2.96. The van der Waals surface area contributed by atoms with E-state index in [2.05, 4.69) is 15.0 Å². The number of aromatic nitrogens is 4. The van der Waals surface area contributed by atoms with Gasteiger partial charge in [-0.25, -0.2) is 0 Å². The molecule has 0 bridgehead atoms. The van der Waals surface area contributed by atoms with Crippen LogP contribution in [0.3, 0.4) is 0 Å². The fourth-order valence-electron chi connectivity index (χ4n) is 2.49. The van der Waals surface area contributed by atoms with Crippen LogP contribution in [0.15, 0.2) is 12.7 Å². The van der Waals surface area contributed by atoms with Gasteiger partial charge in [0, 0.05) is 0 Å². The molecule has 5 N–H and O–H groups in total. The Balaban J connectivity index is 2.13. The molecule has 0 aromatic carbocycles. The molecule has 4 atom stereocenters. The van der Waals surface area contributed by atoms with Crippen molar-refractivity contribution < 1.29 is 20.1 Å². The van der Waals surface area contributed by atoms with Gasteiger partial charge < -0.3 is 0 Å². The van der Waals surface area contributed by atoms with E-state index < -0.39 is 21.3 Å². The molecule has 0 amide bonds. The van der Waals surface area contributed by atoms with Crippen LogP contribution in [-0.4, -0.2) is 87.7 Å². The first-order chi connectivity index (χ1) is 9.49. The first-order valence-electron chi connectivity index (χ1n) is 6.08. The molecule has 0 unspecified atom stereocenters. The van der Waals surface area contributed by atoms with Crippen LogP contribution in [0.4, 0.5) is 5.82 Å². The molecule has 1 aliphatic rings. The molecule has 20 heavy (non-hydrogen) atoms. The number of imidazole rings is 1. The maximum absolute atomic E-state index is 10.2. The zero-order valence-electron chi connectivity index (χ0n) is 10.7. The number of nitrogens with zero attached hydrogens (tertiary/aromatic N) is 4. The summed E-state index contributed by atoms with van der Waals surface area (Å²) in [5, 5.41) is 29.3. The van der Waals surface area contributed by atoms with Crippen molar-refractivity contribution in [3.8, 4) is 0 Å². The Morgan fingerprint density at radius 3 is 2.80 bits per heavy atom. The summed E-state index contributed by atoms with van der Waals surface area (Å²) in [6, 6.07) is 0. The fourth-order valence-corrected chi connectivity index (χ4v) is 3.46. The Kier molecular flexibility index (Phi) is 3.45. The minimum absolute atomic E-state index is 0.228. The summed E-state index contributed by atoms with van der Waals surface area (Å²) in [7, 11) is 0. The molecule has 0 radical (unpaired) electrons. The van der Waals surface area contributed by atoms with Crippen molar-refractivity contribution in [2.75, 3.05) is 12.3 Å². The molecule has 1 fully saturated rings. The van der Waals surface area contributed by atoms with Crippen molar-refractivity contribution in [2.24, 2.45) is 0 Å². The predicted molar refractivity (Wildman–Crippen MR) is 67.4 cm³/mol. The van der Waals surface area contributed by atoms with Crippen molar-refractivity contribution in [3.63, 3.8) is 0 Å². The van der Waals surface area contributed by atoms with E-state index in [0.717, 1.165) is 0 Å². The average molecular weight is 289 g/mol.